The molecule has 0 aromatic heterocycles. The Hall–Kier alpha value is -1.79. The van der Waals surface area contributed by atoms with Crippen LogP contribution in [-0.4, -0.2) is 66.2 Å². The van der Waals surface area contributed by atoms with Gasteiger partial charge in [0, 0.05) is 32.1 Å². The zero-order chi connectivity index (χ0) is 20.9. The van der Waals surface area contributed by atoms with Gasteiger partial charge in [-0.05, 0) is 59.8 Å². The molecule has 2 aliphatic heterocycles. The maximum absolute atomic E-state index is 13.2. The predicted octanol–water partition coefficient (Wildman–Crippen LogP) is 3.36. The second-order valence-electron chi connectivity index (χ2n) is 9.22. The van der Waals surface area contributed by atoms with Gasteiger partial charge in [0.15, 0.2) is 0 Å². The Labute approximate surface area is 168 Å². The molecule has 0 aliphatic carbocycles. The Kier molecular flexibility index (Phi) is 7.34. The number of nitrogens with zero attached hydrogens (tertiary/aromatic N) is 2. The SMILES string of the molecule is COC(=O)CCCCCN1C(=O)C2(CCCN(C(=O)OC(C)(C)C)C2)CC1C. The molecule has 2 unspecified atom stereocenters. The molecule has 2 aliphatic rings. The number of rotatable bonds is 6. The number of hydrogen-bond donors (Lipinski definition) is 0. The molecule has 7 nitrogen and oxygen atoms in total. The minimum absolute atomic E-state index is 0.168. The lowest BCUT2D eigenvalue weighted by Gasteiger charge is -2.39. The van der Waals surface area contributed by atoms with Crippen molar-refractivity contribution in [3.8, 4) is 0 Å². The first-order chi connectivity index (χ1) is 13.1. The minimum atomic E-state index is -0.537. The molecule has 1 spiro atoms. The summed E-state index contributed by atoms with van der Waals surface area (Å²) in [6.07, 6.45) is 5.08. The van der Waals surface area contributed by atoms with Crippen LogP contribution in [0, 0.1) is 5.41 Å². The summed E-state index contributed by atoms with van der Waals surface area (Å²) in [6, 6.07) is 0.173. The summed E-state index contributed by atoms with van der Waals surface area (Å²) >= 11 is 0. The van der Waals surface area contributed by atoms with Gasteiger partial charge in [0.05, 0.1) is 12.5 Å². The van der Waals surface area contributed by atoms with Gasteiger partial charge in [0.25, 0.3) is 0 Å². The number of unbranched alkanes of at least 4 members (excludes halogenated alkanes) is 2. The number of piperidine rings is 1. The summed E-state index contributed by atoms with van der Waals surface area (Å²) in [6.45, 7) is 9.46. The van der Waals surface area contributed by atoms with E-state index in [0.717, 1.165) is 38.5 Å². The quantitative estimate of drug-likeness (QED) is 0.508. The number of likely N-dealkylation sites (tertiary alicyclic amines) is 2. The molecule has 160 valence electrons. The van der Waals surface area contributed by atoms with Gasteiger partial charge in [0.2, 0.25) is 5.91 Å². The fraction of sp³-hybridized carbons (Fsp3) is 0.857. The van der Waals surface area contributed by atoms with Gasteiger partial charge >= 0.3 is 12.1 Å². The monoisotopic (exact) mass is 396 g/mol. The van der Waals surface area contributed by atoms with Gasteiger partial charge < -0.3 is 19.3 Å². The first-order valence-electron chi connectivity index (χ1n) is 10.4. The number of esters is 1. The summed E-state index contributed by atoms with van der Waals surface area (Å²) in [4.78, 5) is 40.6. The first kappa shape index (κ1) is 22.5. The highest BCUT2D eigenvalue weighted by molar-refractivity contribution is 5.86. The molecule has 0 N–H and O–H groups in total. The van der Waals surface area contributed by atoms with Crippen LogP contribution in [0.1, 0.15) is 72.6 Å². The largest absolute Gasteiger partial charge is 0.469 e. The van der Waals surface area contributed by atoms with E-state index in [1.807, 2.05) is 25.7 Å². The smallest absolute Gasteiger partial charge is 0.410 e. The van der Waals surface area contributed by atoms with E-state index in [2.05, 4.69) is 11.7 Å². The third-order valence-corrected chi connectivity index (χ3v) is 5.67. The molecular formula is C21H36N2O5. The average Bonchev–Trinajstić information content (AvgIpc) is 2.83. The summed E-state index contributed by atoms with van der Waals surface area (Å²) in [5.41, 5.74) is -1.01. The van der Waals surface area contributed by atoms with Crippen molar-refractivity contribution in [2.75, 3.05) is 26.7 Å². The van der Waals surface area contributed by atoms with Crippen LogP contribution < -0.4 is 0 Å². The van der Waals surface area contributed by atoms with Gasteiger partial charge in [0.1, 0.15) is 5.60 Å². The van der Waals surface area contributed by atoms with Crippen molar-refractivity contribution in [3.05, 3.63) is 0 Å². The van der Waals surface area contributed by atoms with Crippen molar-refractivity contribution in [1.29, 1.82) is 0 Å². The highest BCUT2D eigenvalue weighted by Gasteiger charge is 2.52. The number of amides is 2. The van der Waals surface area contributed by atoms with Gasteiger partial charge in [-0.15, -0.1) is 0 Å². The van der Waals surface area contributed by atoms with Gasteiger partial charge in [-0.25, -0.2) is 4.79 Å². The molecular weight excluding hydrogens is 360 g/mol. The molecule has 0 saturated carbocycles. The maximum atomic E-state index is 13.2. The molecule has 2 fully saturated rings. The lowest BCUT2D eigenvalue weighted by atomic mass is 9.77. The highest BCUT2D eigenvalue weighted by Crippen LogP contribution is 2.43. The normalized spacial score (nSPS) is 25.3. The molecule has 0 aromatic rings. The van der Waals surface area contributed by atoms with Crippen LogP contribution in [0.25, 0.3) is 0 Å². The number of carbonyl (C=O) groups excluding carboxylic acids is 3. The van der Waals surface area contributed by atoms with Crippen molar-refractivity contribution in [2.24, 2.45) is 5.41 Å². The van der Waals surface area contributed by atoms with E-state index >= 15 is 0 Å². The maximum Gasteiger partial charge on any atom is 0.410 e. The van der Waals surface area contributed by atoms with Crippen molar-refractivity contribution in [2.45, 2.75) is 84.3 Å². The number of carbonyl (C=O) groups is 3. The first-order valence-corrected chi connectivity index (χ1v) is 10.4. The Morgan fingerprint density at radius 3 is 2.57 bits per heavy atom. The second-order valence-corrected chi connectivity index (χ2v) is 9.22. The van der Waals surface area contributed by atoms with Crippen LogP contribution in [0.5, 0.6) is 0 Å². The average molecular weight is 397 g/mol. The summed E-state index contributed by atoms with van der Waals surface area (Å²) < 4.78 is 10.2. The van der Waals surface area contributed by atoms with Crippen molar-refractivity contribution >= 4 is 18.0 Å². The van der Waals surface area contributed by atoms with E-state index in [0.29, 0.717) is 26.1 Å². The highest BCUT2D eigenvalue weighted by atomic mass is 16.6. The number of ether oxygens (including phenoxy) is 2. The van der Waals surface area contributed by atoms with Crippen molar-refractivity contribution < 1.29 is 23.9 Å². The molecule has 0 radical (unpaired) electrons. The van der Waals surface area contributed by atoms with Crippen molar-refractivity contribution in [1.82, 2.24) is 9.80 Å². The van der Waals surface area contributed by atoms with Crippen LogP contribution in [0.4, 0.5) is 4.79 Å². The molecule has 2 saturated heterocycles. The zero-order valence-electron chi connectivity index (χ0n) is 18.1. The van der Waals surface area contributed by atoms with E-state index in [-0.39, 0.29) is 24.0 Å². The predicted molar refractivity (Wildman–Crippen MR) is 106 cm³/mol. The second kappa shape index (κ2) is 9.14. The number of hydrogen-bond acceptors (Lipinski definition) is 5. The molecule has 2 atom stereocenters. The molecule has 0 aromatic carbocycles. The topological polar surface area (TPSA) is 76.2 Å². The van der Waals surface area contributed by atoms with Crippen LogP contribution >= 0.6 is 0 Å². The summed E-state index contributed by atoms with van der Waals surface area (Å²) in [7, 11) is 1.40. The third kappa shape index (κ3) is 5.61. The van der Waals surface area contributed by atoms with Crippen LogP contribution in [0.2, 0.25) is 0 Å². The third-order valence-electron chi connectivity index (χ3n) is 5.67. The number of methoxy groups -OCH3 is 1. The summed E-state index contributed by atoms with van der Waals surface area (Å²) in [5, 5.41) is 0. The van der Waals surface area contributed by atoms with Crippen LogP contribution in [-0.2, 0) is 19.1 Å². The van der Waals surface area contributed by atoms with Crippen LogP contribution in [0.15, 0.2) is 0 Å². The van der Waals surface area contributed by atoms with E-state index in [1.165, 1.54) is 7.11 Å². The Morgan fingerprint density at radius 1 is 1.21 bits per heavy atom. The van der Waals surface area contributed by atoms with Gasteiger partial charge in [-0.1, -0.05) is 6.42 Å². The molecule has 0 bridgehead atoms. The molecule has 2 amide bonds. The zero-order valence-corrected chi connectivity index (χ0v) is 18.1. The molecule has 2 heterocycles. The minimum Gasteiger partial charge on any atom is -0.469 e. The van der Waals surface area contributed by atoms with Gasteiger partial charge in [-0.3, -0.25) is 9.59 Å². The van der Waals surface area contributed by atoms with Crippen LogP contribution in [0.3, 0.4) is 0 Å². The Bertz CT molecular complexity index is 586. The fourth-order valence-corrected chi connectivity index (χ4v) is 4.38. The van der Waals surface area contributed by atoms with Gasteiger partial charge in [-0.2, -0.15) is 0 Å². The van der Waals surface area contributed by atoms with Crippen molar-refractivity contribution in [3.63, 3.8) is 0 Å². The van der Waals surface area contributed by atoms with E-state index in [1.54, 1.807) is 4.90 Å². The van der Waals surface area contributed by atoms with E-state index in [9.17, 15) is 14.4 Å². The standard InChI is InChI=1S/C21H36N2O5/c1-16-14-21(11-9-12-22(15-21)19(26)28-20(2,3)4)18(25)23(16)13-8-6-7-10-17(24)27-5/h16H,6-15H2,1-5H3. The molecule has 2 rings (SSSR count). The molecule has 28 heavy (non-hydrogen) atoms. The molecule has 7 heteroatoms. The fourth-order valence-electron chi connectivity index (χ4n) is 4.38. The Balaban J connectivity index is 1.90. The lowest BCUT2D eigenvalue weighted by molar-refractivity contribution is -0.141. The lowest BCUT2D eigenvalue weighted by Crippen LogP contribution is -2.51. The summed E-state index contributed by atoms with van der Waals surface area (Å²) in [5.74, 6) is -0.0183. The van der Waals surface area contributed by atoms with E-state index < -0.39 is 11.0 Å². The Morgan fingerprint density at radius 2 is 1.93 bits per heavy atom. The van der Waals surface area contributed by atoms with E-state index in [4.69, 9.17) is 4.74 Å².